The topological polar surface area (TPSA) is 36.3 Å². The molecule has 1 aliphatic rings. The molecule has 0 radical (unpaired) electrons. The molecule has 1 saturated heterocycles. The van der Waals surface area contributed by atoms with Crippen molar-refractivity contribution in [3.8, 4) is 0 Å². The molecule has 1 fully saturated rings. The number of rotatable bonds is 6. The van der Waals surface area contributed by atoms with Crippen LogP contribution in [0.15, 0.2) is 36.7 Å². The highest BCUT2D eigenvalue weighted by Crippen LogP contribution is 2.23. The summed E-state index contributed by atoms with van der Waals surface area (Å²) in [6, 6.07) is 9.46. The van der Waals surface area contributed by atoms with Gasteiger partial charge in [-0.2, -0.15) is 5.10 Å². The van der Waals surface area contributed by atoms with Gasteiger partial charge in [-0.25, -0.2) is 0 Å². The summed E-state index contributed by atoms with van der Waals surface area (Å²) in [5, 5.41) is 8.12. The molecule has 0 aliphatic carbocycles. The summed E-state index contributed by atoms with van der Waals surface area (Å²) in [4.78, 5) is 4.91. The summed E-state index contributed by atoms with van der Waals surface area (Å²) in [6.07, 6.45) is 4.12. The van der Waals surface area contributed by atoms with Crippen LogP contribution in [0.25, 0.3) is 0 Å². The first-order valence-corrected chi connectivity index (χ1v) is 9.33. The number of likely N-dealkylation sites (N-methyl/N-ethyl adjacent to an activating group) is 1. The highest BCUT2D eigenvalue weighted by molar-refractivity contribution is 5.54. The third-order valence-electron chi connectivity index (χ3n) is 5.08. The summed E-state index contributed by atoms with van der Waals surface area (Å²) in [7, 11) is 2.20. The lowest BCUT2D eigenvalue weighted by atomic mass is 10.1. The van der Waals surface area contributed by atoms with E-state index in [9.17, 15) is 0 Å². The Morgan fingerprint density at radius 1 is 1.08 bits per heavy atom. The van der Waals surface area contributed by atoms with Gasteiger partial charge in [-0.05, 0) is 39.4 Å². The summed E-state index contributed by atoms with van der Waals surface area (Å²) in [5.74, 6) is 0. The lowest BCUT2D eigenvalue weighted by Gasteiger charge is -2.35. The van der Waals surface area contributed by atoms with Crippen molar-refractivity contribution in [2.45, 2.75) is 39.4 Å². The van der Waals surface area contributed by atoms with Crippen molar-refractivity contribution in [3.63, 3.8) is 0 Å². The molecule has 0 saturated carbocycles. The van der Waals surface area contributed by atoms with Crippen molar-refractivity contribution >= 4 is 5.69 Å². The quantitative estimate of drug-likeness (QED) is 0.876. The largest absolute Gasteiger partial charge is 0.369 e. The monoisotopic (exact) mass is 341 g/mol. The number of aromatic nitrogens is 2. The van der Waals surface area contributed by atoms with Crippen LogP contribution in [0.5, 0.6) is 0 Å². The van der Waals surface area contributed by atoms with Crippen molar-refractivity contribution in [2.75, 3.05) is 38.1 Å². The molecular weight excluding hydrogens is 310 g/mol. The fourth-order valence-electron chi connectivity index (χ4n) is 3.26. The van der Waals surface area contributed by atoms with Crippen LogP contribution in [-0.2, 0) is 6.54 Å². The summed E-state index contributed by atoms with van der Waals surface area (Å²) >= 11 is 0. The van der Waals surface area contributed by atoms with Crippen LogP contribution in [-0.4, -0.2) is 47.9 Å². The average molecular weight is 342 g/mol. The third kappa shape index (κ3) is 4.41. The molecule has 2 heterocycles. The van der Waals surface area contributed by atoms with Gasteiger partial charge in [-0.15, -0.1) is 0 Å². The van der Waals surface area contributed by atoms with Gasteiger partial charge < -0.3 is 15.1 Å². The second-order valence-corrected chi connectivity index (χ2v) is 7.37. The predicted octanol–water partition coefficient (Wildman–Crippen LogP) is 3.07. The minimum atomic E-state index is 0.285. The van der Waals surface area contributed by atoms with E-state index in [1.165, 1.54) is 16.8 Å². The molecule has 136 valence electrons. The van der Waals surface area contributed by atoms with E-state index in [-0.39, 0.29) is 6.04 Å². The number of nitrogens with zero attached hydrogens (tertiary/aromatic N) is 4. The summed E-state index contributed by atoms with van der Waals surface area (Å²) in [5.41, 5.74) is 3.98. The normalized spacial score (nSPS) is 17.2. The van der Waals surface area contributed by atoms with Crippen LogP contribution >= 0.6 is 0 Å². The smallest absolute Gasteiger partial charge is 0.0537 e. The molecule has 5 nitrogen and oxygen atoms in total. The second-order valence-electron chi connectivity index (χ2n) is 7.37. The highest BCUT2D eigenvalue weighted by Gasteiger charge is 2.17. The minimum absolute atomic E-state index is 0.285. The van der Waals surface area contributed by atoms with Crippen molar-refractivity contribution in [3.05, 3.63) is 47.8 Å². The van der Waals surface area contributed by atoms with E-state index in [1.807, 2.05) is 10.9 Å². The van der Waals surface area contributed by atoms with Crippen molar-refractivity contribution < 1.29 is 0 Å². The maximum Gasteiger partial charge on any atom is 0.0537 e. The molecule has 0 spiro atoms. The van der Waals surface area contributed by atoms with Crippen LogP contribution in [0.1, 0.15) is 44.0 Å². The third-order valence-corrected chi connectivity index (χ3v) is 5.08. The second kappa shape index (κ2) is 8.02. The summed E-state index contributed by atoms with van der Waals surface area (Å²) < 4.78 is 2.02. The lowest BCUT2D eigenvalue weighted by Crippen LogP contribution is -2.44. The number of benzene rings is 1. The van der Waals surface area contributed by atoms with Crippen LogP contribution in [0.2, 0.25) is 0 Å². The van der Waals surface area contributed by atoms with Gasteiger partial charge in [0.15, 0.2) is 0 Å². The Hall–Kier alpha value is -1.85. The van der Waals surface area contributed by atoms with Gasteiger partial charge in [-0.1, -0.05) is 18.2 Å². The van der Waals surface area contributed by atoms with E-state index in [1.54, 1.807) is 0 Å². The van der Waals surface area contributed by atoms with Crippen LogP contribution < -0.4 is 10.2 Å². The molecule has 5 heteroatoms. The van der Waals surface area contributed by atoms with Gasteiger partial charge >= 0.3 is 0 Å². The van der Waals surface area contributed by atoms with Crippen molar-refractivity contribution in [1.29, 1.82) is 0 Å². The molecule has 1 atom stereocenters. The maximum atomic E-state index is 4.45. The van der Waals surface area contributed by atoms with E-state index in [2.05, 4.69) is 78.5 Å². The zero-order valence-electron chi connectivity index (χ0n) is 15.9. The Labute approximate surface area is 151 Å². The average Bonchev–Trinajstić information content (AvgIpc) is 3.11. The van der Waals surface area contributed by atoms with E-state index in [0.29, 0.717) is 6.04 Å². The number of piperazine rings is 1. The Kier molecular flexibility index (Phi) is 5.76. The highest BCUT2D eigenvalue weighted by atomic mass is 15.3. The fourth-order valence-corrected chi connectivity index (χ4v) is 3.26. The van der Waals surface area contributed by atoms with Gasteiger partial charge in [0.1, 0.15) is 0 Å². The van der Waals surface area contributed by atoms with E-state index in [4.69, 9.17) is 0 Å². The SMILES string of the molecule is CC(NCc1ccccc1N1CCN(C)CC1)c1cnn(C(C)C)c1. The van der Waals surface area contributed by atoms with Crippen LogP contribution in [0, 0.1) is 0 Å². The minimum Gasteiger partial charge on any atom is -0.369 e. The molecule has 2 aromatic rings. The maximum absolute atomic E-state index is 4.45. The van der Waals surface area contributed by atoms with Crippen molar-refractivity contribution in [2.24, 2.45) is 0 Å². The van der Waals surface area contributed by atoms with Crippen LogP contribution in [0.4, 0.5) is 5.69 Å². The molecule has 1 N–H and O–H groups in total. The Bertz CT molecular complexity index is 670. The molecule has 0 bridgehead atoms. The summed E-state index contributed by atoms with van der Waals surface area (Å²) in [6.45, 7) is 11.9. The van der Waals surface area contributed by atoms with E-state index in [0.717, 1.165) is 32.7 Å². The fraction of sp³-hybridized carbons (Fsp3) is 0.550. The number of para-hydroxylation sites is 1. The van der Waals surface area contributed by atoms with E-state index >= 15 is 0 Å². The number of hydrogen-bond donors (Lipinski definition) is 1. The zero-order valence-corrected chi connectivity index (χ0v) is 15.9. The molecule has 0 amide bonds. The lowest BCUT2D eigenvalue weighted by molar-refractivity contribution is 0.312. The van der Waals surface area contributed by atoms with Gasteiger partial charge in [0.05, 0.1) is 6.20 Å². The Morgan fingerprint density at radius 2 is 1.80 bits per heavy atom. The van der Waals surface area contributed by atoms with Gasteiger partial charge in [0.25, 0.3) is 0 Å². The van der Waals surface area contributed by atoms with Crippen molar-refractivity contribution in [1.82, 2.24) is 20.0 Å². The molecular formula is C20H31N5. The van der Waals surface area contributed by atoms with Crippen LogP contribution in [0.3, 0.4) is 0 Å². The molecule has 1 aliphatic heterocycles. The molecule has 1 aromatic carbocycles. The predicted molar refractivity (Wildman–Crippen MR) is 104 cm³/mol. The first-order chi connectivity index (χ1) is 12.0. The van der Waals surface area contributed by atoms with Gasteiger partial charge in [0, 0.05) is 62.3 Å². The van der Waals surface area contributed by atoms with Gasteiger partial charge in [-0.3, -0.25) is 4.68 Å². The standard InChI is InChI=1S/C20H31N5/c1-16(2)25-15-19(14-22-25)17(3)21-13-18-7-5-6-8-20(18)24-11-9-23(4)10-12-24/h5-8,14-17,21H,9-13H2,1-4H3. The van der Waals surface area contributed by atoms with Gasteiger partial charge in [0.2, 0.25) is 0 Å². The number of nitrogens with one attached hydrogen (secondary N) is 1. The first-order valence-electron chi connectivity index (χ1n) is 9.33. The Morgan fingerprint density at radius 3 is 2.48 bits per heavy atom. The first kappa shape index (κ1) is 18.0. The molecule has 1 unspecified atom stereocenters. The molecule has 3 rings (SSSR count). The number of anilines is 1. The molecule has 1 aromatic heterocycles. The Balaban J connectivity index is 1.64. The zero-order chi connectivity index (χ0) is 17.8. The van der Waals surface area contributed by atoms with E-state index < -0.39 is 0 Å². The molecule has 25 heavy (non-hydrogen) atoms. The number of hydrogen-bond acceptors (Lipinski definition) is 4.